The number of carbonyl (C=O) groups is 1. The number of hydrogen-bond donors (Lipinski definition) is 1. The van der Waals surface area contributed by atoms with E-state index in [9.17, 15) is 13.6 Å². The van der Waals surface area contributed by atoms with Crippen LogP contribution in [0.4, 0.5) is 8.78 Å². The Kier molecular flexibility index (Phi) is 2.38. The topological polar surface area (TPSA) is 52.3 Å². The molecule has 0 saturated carbocycles. The molecular formula is C6H9F2NO2. The van der Waals surface area contributed by atoms with E-state index in [1.54, 1.807) is 0 Å². The molecule has 11 heavy (non-hydrogen) atoms. The van der Waals surface area contributed by atoms with Crippen molar-refractivity contribution in [3.63, 3.8) is 0 Å². The molecule has 0 aromatic heterocycles. The molecule has 1 saturated heterocycles. The number of ether oxygens (including phenoxy) is 1. The summed E-state index contributed by atoms with van der Waals surface area (Å²) < 4.78 is 29.8. The second-order valence-corrected chi connectivity index (χ2v) is 2.44. The van der Waals surface area contributed by atoms with Crippen molar-refractivity contribution >= 4 is 5.91 Å². The first kappa shape index (κ1) is 8.39. The SMILES string of the molecule is NC(=O)C1OCCC(F)C1F. The highest BCUT2D eigenvalue weighted by atomic mass is 19.2. The molecule has 1 aliphatic heterocycles. The molecule has 1 aliphatic rings. The van der Waals surface area contributed by atoms with E-state index in [2.05, 4.69) is 4.74 Å². The van der Waals surface area contributed by atoms with Gasteiger partial charge in [-0.05, 0) is 0 Å². The minimum absolute atomic E-state index is 0.00898. The van der Waals surface area contributed by atoms with Crippen molar-refractivity contribution in [2.24, 2.45) is 5.73 Å². The smallest absolute Gasteiger partial charge is 0.249 e. The lowest BCUT2D eigenvalue weighted by Crippen LogP contribution is -2.47. The molecule has 0 radical (unpaired) electrons. The summed E-state index contributed by atoms with van der Waals surface area (Å²) in [4.78, 5) is 10.4. The van der Waals surface area contributed by atoms with Gasteiger partial charge in [0.2, 0.25) is 5.91 Å². The lowest BCUT2D eigenvalue weighted by atomic mass is 10.0. The monoisotopic (exact) mass is 165 g/mol. The van der Waals surface area contributed by atoms with E-state index < -0.39 is 24.4 Å². The summed E-state index contributed by atoms with van der Waals surface area (Å²) in [5.74, 6) is -0.945. The van der Waals surface area contributed by atoms with Crippen LogP contribution in [0.5, 0.6) is 0 Å². The number of nitrogens with two attached hydrogens (primary N) is 1. The highest BCUT2D eigenvalue weighted by Crippen LogP contribution is 2.20. The predicted octanol–water partition coefficient (Wildman–Crippen LogP) is -0.0632. The Morgan fingerprint density at radius 2 is 2.18 bits per heavy atom. The third-order valence-electron chi connectivity index (χ3n) is 1.61. The second-order valence-electron chi connectivity index (χ2n) is 2.44. The van der Waals surface area contributed by atoms with E-state index in [4.69, 9.17) is 5.73 Å². The molecule has 3 unspecified atom stereocenters. The first-order valence-electron chi connectivity index (χ1n) is 3.32. The molecular weight excluding hydrogens is 156 g/mol. The highest BCUT2D eigenvalue weighted by molar-refractivity contribution is 5.79. The Morgan fingerprint density at radius 3 is 2.64 bits per heavy atom. The zero-order valence-corrected chi connectivity index (χ0v) is 5.80. The summed E-state index contributed by atoms with van der Waals surface area (Å²) in [6.07, 6.45) is -4.94. The summed E-state index contributed by atoms with van der Waals surface area (Å²) in [6.45, 7) is 0.0508. The van der Waals surface area contributed by atoms with E-state index in [-0.39, 0.29) is 13.0 Å². The van der Waals surface area contributed by atoms with Gasteiger partial charge >= 0.3 is 0 Å². The molecule has 1 amide bonds. The van der Waals surface area contributed by atoms with Crippen LogP contribution in [0.25, 0.3) is 0 Å². The molecule has 0 aromatic carbocycles. The molecule has 0 spiro atoms. The van der Waals surface area contributed by atoms with Crippen molar-refractivity contribution in [3.05, 3.63) is 0 Å². The molecule has 64 valence electrons. The van der Waals surface area contributed by atoms with Gasteiger partial charge in [0.05, 0.1) is 6.61 Å². The van der Waals surface area contributed by atoms with Crippen LogP contribution in [0, 0.1) is 0 Å². The van der Waals surface area contributed by atoms with Gasteiger partial charge in [0.25, 0.3) is 0 Å². The van der Waals surface area contributed by atoms with Gasteiger partial charge in [0, 0.05) is 6.42 Å². The van der Waals surface area contributed by atoms with Crippen LogP contribution in [0.1, 0.15) is 6.42 Å². The van der Waals surface area contributed by atoms with Gasteiger partial charge < -0.3 is 10.5 Å². The van der Waals surface area contributed by atoms with E-state index in [0.29, 0.717) is 0 Å². The molecule has 5 heteroatoms. The van der Waals surface area contributed by atoms with Crippen molar-refractivity contribution in [1.82, 2.24) is 0 Å². The molecule has 3 nitrogen and oxygen atoms in total. The van der Waals surface area contributed by atoms with Crippen LogP contribution in [0.15, 0.2) is 0 Å². The van der Waals surface area contributed by atoms with Crippen molar-refractivity contribution < 1.29 is 18.3 Å². The molecule has 2 N–H and O–H groups in total. The molecule has 0 bridgehead atoms. The fraction of sp³-hybridized carbons (Fsp3) is 0.833. The fourth-order valence-electron chi connectivity index (χ4n) is 0.987. The first-order chi connectivity index (χ1) is 5.13. The van der Waals surface area contributed by atoms with Gasteiger partial charge in [-0.1, -0.05) is 0 Å². The molecule has 3 atom stereocenters. The number of amides is 1. The van der Waals surface area contributed by atoms with E-state index in [0.717, 1.165) is 0 Å². The molecule has 0 aliphatic carbocycles. The Labute approximate surface area is 62.5 Å². The number of rotatable bonds is 1. The van der Waals surface area contributed by atoms with Crippen molar-refractivity contribution in [3.8, 4) is 0 Å². The first-order valence-corrected chi connectivity index (χ1v) is 3.32. The molecule has 1 rings (SSSR count). The largest absolute Gasteiger partial charge is 0.367 e. The number of hydrogen-bond acceptors (Lipinski definition) is 2. The van der Waals surface area contributed by atoms with Crippen LogP contribution in [-0.4, -0.2) is 31.0 Å². The maximum Gasteiger partial charge on any atom is 0.249 e. The van der Waals surface area contributed by atoms with Crippen molar-refractivity contribution in [1.29, 1.82) is 0 Å². The van der Waals surface area contributed by atoms with E-state index in [1.807, 2.05) is 0 Å². The minimum atomic E-state index is -1.90. The van der Waals surface area contributed by atoms with Crippen LogP contribution >= 0.6 is 0 Å². The normalized spacial score (nSPS) is 38.5. The Morgan fingerprint density at radius 1 is 1.55 bits per heavy atom. The van der Waals surface area contributed by atoms with Crippen molar-refractivity contribution in [2.45, 2.75) is 24.9 Å². The Balaban J connectivity index is 2.58. The maximum absolute atomic E-state index is 12.7. The lowest BCUT2D eigenvalue weighted by Gasteiger charge is -2.26. The Hall–Kier alpha value is -0.710. The van der Waals surface area contributed by atoms with Crippen molar-refractivity contribution in [2.75, 3.05) is 6.61 Å². The maximum atomic E-state index is 12.7. The summed E-state index contributed by atoms with van der Waals surface area (Å²) in [5, 5.41) is 0. The predicted molar refractivity (Wildman–Crippen MR) is 33.3 cm³/mol. The summed E-state index contributed by atoms with van der Waals surface area (Å²) in [5.41, 5.74) is 4.75. The quantitative estimate of drug-likeness (QED) is 0.591. The molecule has 0 aromatic rings. The van der Waals surface area contributed by atoms with Crippen LogP contribution in [0.3, 0.4) is 0 Å². The van der Waals surface area contributed by atoms with Gasteiger partial charge in [0.15, 0.2) is 12.3 Å². The minimum Gasteiger partial charge on any atom is -0.367 e. The Bertz CT molecular complexity index is 165. The molecule has 1 fully saturated rings. The number of carbonyl (C=O) groups excluding carboxylic acids is 1. The lowest BCUT2D eigenvalue weighted by molar-refractivity contribution is -0.143. The van der Waals surface area contributed by atoms with Gasteiger partial charge in [-0.3, -0.25) is 4.79 Å². The van der Waals surface area contributed by atoms with Crippen LogP contribution in [0.2, 0.25) is 0 Å². The standard InChI is InChI=1S/C6H9F2NO2/c7-3-1-2-11-5(4(3)8)6(9)10/h3-5H,1-2H2,(H2,9,10). The zero-order valence-electron chi connectivity index (χ0n) is 5.80. The third kappa shape index (κ3) is 1.65. The van der Waals surface area contributed by atoms with Crippen LogP contribution in [-0.2, 0) is 9.53 Å². The average molecular weight is 165 g/mol. The van der Waals surface area contributed by atoms with Crippen LogP contribution < -0.4 is 5.73 Å². The summed E-state index contributed by atoms with van der Waals surface area (Å²) in [6, 6.07) is 0. The zero-order chi connectivity index (χ0) is 8.43. The second kappa shape index (κ2) is 3.13. The van der Waals surface area contributed by atoms with E-state index in [1.165, 1.54) is 0 Å². The number of alkyl halides is 2. The summed E-state index contributed by atoms with van der Waals surface area (Å²) in [7, 11) is 0. The van der Waals surface area contributed by atoms with Gasteiger partial charge in [0.1, 0.15) is 6.17 Å². The van der Waals surface area contributed by atoms with Gasteiger partial charge in [-0.15, -0.1) is 0 Å². The fourth-order valence-corrected chi connectivity index (χ4v) is 0.987. The third-order valence-corrected chi connectivity index (χ3v) is 1.61. The highest BCUT2D eigenvalue weighted by Gasteiger charge is 2.37. The van der Waals surface area contributed by atoms with Gasteiger partial charge in [-0.2, -0.15) is 0 Å². The number of halogens is 2. The van der Waals surface area contributed by atoms with E-state index >= 15 is 0 Å². The molecule has 1 heterocycles. The number of primary amides is 1. The average Bonchev–Trinajstić information content (AvgIpc) is 1.94. The summed E-state index contributed by atoms with van der Waals surface area (Å²) >= 11 is 0. The van der Waals surface area contributed by atoms with Gasteiger partial charge in [-0.25, -0.2) is 8.78 Å².